The van der Waals surface area contributed by atoms with Gasteiger partial charge in [0.2, 0.25) is 0 Å². The standard InChI is InChI=1S/C21H22ClFN2O2/c22-19-14-18(23)5-7-21(19)27-20-6-4-16(13-17(20)15-24)3-1-2-8-25-9-11-26-12-10-25/h4-7,13-14H,2,8-12,15,24H2. The van der Waals surface area contributed by atoms with E-state index in [2.05, 4.69) is 16.7 Å². The van der Waals surface area contributed by atoms with Gasteiger partial charge in [0.15, 0.2) is 0 Å². The molecule has 1 heterocycles. The average molecular weight is 389 g/mol. The van der Waals surface area contributed by atoms with Crippen molar-refractivity contribution in [3.05, 3.63) is 58.4 Å². The van der Waals surface area contributed by atoms with Gasteiger partial charge in [-0.25, -0.2) is 4.39 Å². The van der Waals surface area contributed by atoms with Crippen molar-refractivity contribution in [3.8, 4) is 23.3 Å². The van der Waals surface area contributed by atoms with E-state index in [0.29, 0.717) is 18.0 Å². The van der Waals surface area contributed by atoms with Crippen LogP contribution in [-0.4, -0.2) is 37.7 Å². The molecule has 3 rings (SSSR count). The van der Waals surface area contributed by atoms with Gasteiger partial charge in [-0.05, 0) is 36.4 Å². The molecule has 27 heavy (non-hydrogen) atoms. The Kier molecular flexibility index (Phi) is 7.08. The Labute approximate surface area is 164 Å². The van der Waals surface area contributed by atoms with Gasteiger partial charge in [-0.1, -0.05) is 23.4 Å². The predicted molar refractivity (Wildman–Crippen MR) is 105 cm³/mol. The highest BCUT2D eigenvalue weighted by atomic mass is 35.5. The third-order valence-electron chi connectivity index (χ3n) is 4.28. The second-order valence-electron chi connectivity index (χ2n) is 6.21. The quantitative estimate of drug-likeness (QED) is 0.791. The van der Waals surface area contributed by atoms with Crippen molar-refractivity contribution in [2.24, 2.45) is 5.73 Å². The summed E-state index contributed by atoms with van der Waals surface area (Å²) in [6.07, 6.45) is 0.807. The van der Waals surface area contributed by atoms with E-state index < -0.39 is 5.82 Å². The number of halogens is 2. The first-order valence-electron chi connectivity index (χ1n) is 8.90. The predicted octanol–water partition coefficient (Wildman–Crippen LogP) is 3.80. The number of rotatable bonds is 5. The smallest absolute Gasteiger partial charge is 0.146 e. The van der Waals surface area contributed by atoms with Gasteiger partial charge in [0.25, 0.3) is 0 Å². The molecule has 1 fully saturated rings. The molecule has 0 amide bonds. The highest BCUT2D eigenvalue weighted by molar-refractivity contribution is 6.32. The van der Waals surface area contributed by atoms with Gasteiger partial charge in [-0.3, -0.25) is 4.90 Å². The summed E-state index contributed by atoms with van der Waals surface area (Å²) in [6.45, 7) is 4.79. The molecule has 2 aromatic carbocycles. The van der Waals surface area contributed by atoms with Gasteiger partial charge < -0.3 is 15.2 Å². The number of hydrogen-bond acceptors (Lipinski definition) is 4. The van der Waals surface area contributed by atoms with Crippen LogP contribution in [0.4, 0.5) is 4.39 Å². The normalized spacial score (nSPS) is 14.5. The van der Waals surface area contributed by atoms with E-state index in [0.717, 1.165) is 50.4 Å². The zero-order valence-electron chi connectivity index (χ0n) is 15.0. The van der Waals surface area contributed by atoms with Gasteiger partial charge >= 0.3 is 0 Å². The molecular formula is C21H22ClFN2O2. The maximum Gasteiger partial charge on any atom is 0.146 e. The van der Waals surface area contributed by atoms with Crippen LogP contribution < -0.4 is 10.5 Å². The Morgan fingerprint density at radius 1 is 1.15 bits per heavy atom. The molecule has 0 radical (unpaired) electrons. The fourth-order valence-corrected chi connectivity index (χ4v) is 3.00. The lowest BCUT2D eigenvalue weighted by atomic mass is 10.1. The van der Waals surface area contributed by atoms with Crippen molar-refractivity contribution in [3.63, 3.8) is 0 Å². The highest BCUT2D eigenvalue weighted by Gasteiger charge is 2.10. The molecule has 2 N–H and O–H groups in total. The zero-order chi connectivity index (χ0) is 19.1. The van der Waals surface area contributed by atoms with Crippen molar-refractivity contribution >= 4 is 11.6 Å². The lowest BCUT2D eigenvalue weighted by Gasteiger charge is -2.25. The summed E-state index contributed by atoms with van der Waals surface area (Å²) in [5.41, 5.74) is 7.55. The summed E-state index contributed by atoms with van der Waals surface area (Å²) >= 11 is 6.02. The SMILES string of the molecule is NCc1cc(C#CCCN2CCOCC2)ccc1Oc1ccc(F)cc1Cl. The summed E-state index contributed by atoms with van der Waals surface area (Å²) in [5.74, 6) is 6.95. The maximum absolute atomic E-state index is 13.2. The molecule has 0 atom stereocenters. The fraction of sp³-hybridized carbons (Fsp3) is 0.333. The maximum atomic E-state index is 13.2. The third-order valence-corrected chi connectivity index (χ3v) is 4.58. The first-order chi connectivity index (χ1) is 13.2. The van der Waals surface area contributed by atoms with Crippen LogP contribution in [0.3, 0.4) is 0 Å². The summed E-state index contributed by atoms with van der Waals surface area (Å²) in [5, 5.41) is 0.213. The highest BCUT2D eigenvalue weighted by Crippen LogP contribution is 2.32. The molecule has 1 aliphatic rings. The molecule has 1 saturated heterocycles. The minimum atomic E-state index is -0.408. The van der Waals surface area contributed by atoms with Crippen LogP contribution in [0.25, 0.3) is 0 Å². The van der Waals surface area contributed by atoms with Crippen LogP contribution in [0.15, 0.2) is 36.4 Å². The van der Waals surface area contributed by atoms with Crippen molar-refractivity contribution in [2.75, 3.05) is 32.8 Å². The minimum Gasteiger partial charge on any atom is -0.455 e. The van der Waals surface area contributed by atoms with Crippen LogP contribution in [-0.2, 0) is 11.3 Å². The molecule has 0 aliphatic carbocycles. The van der Waals surface area contributed by atoms with Gasteiger partial charge in [0, 0.05) is 43.7 Å². The lowest BCUT2D eigenvalue weighted by molar-refractivity contribution is 0.0390. The fourth-order valence-electron chi connectivity index (χ4n) is 2.80. The average Bonchev–Trinajstić information content (AvgIpc) is 2.69. The number of nitrogens with two attached hydrogens (primary N) is 1. The third kappa shape index (κ3) is 5.69. The molecule has 0 bridgehead atoms. The second-order valence-corrected chi connectivity index (χ2v) is 6.62. The van der Waals surface area contributed by atoms with Gasteiger partial charge in [0.05, 0.1) is 18.2 Å². The largest absolute Gasteiger partial charge is 0.455 e. The molecule has 2 aromatic rings. The van der Waals surface area contributed by atoms with Crippen LogP contribution in [0, 0.1) is 17.7 Å². The van der Waals surface area contributed by atoms with Crippen LogP contribution in [0.1, 0.15) is 17.5 Å². The minimum absolute atomic E-state index is 0.213. The zero-order valence-corrected chi connectivity index (χ0v) is 15.8. The molecule has 4 nitrogen and oxygen atoms in total. The van der Waals surface area contributed by atoms with E-state index in [-0.39, 0.29) is 5.02 Å². The van der Waals surface area contributed by atoms with E-state index >= 15 is 0 Å². The summed E-state index contributed by atoms with van der Waals surface area (Å²) < 4.78 is 24.3. The molecular weight excluding hydrogens is 367 g/mol. The first-order valence-corrected chi connectivity index (χ1v) is 9.28. The monoisotopic (exact) mass is 388 g/mol. The van der Waals surface area contributed by atoms with Gasteiger partial charge in [-0.2, -0.15) is 0 Å². The van der Waals surface area contributed by atoms with Crippen LogP contribution in [0.2, 0.25) is 5.02 Å². The Bertz CT molecular complexity index is 842. The van der Waals surface area contributed by atoms with E-state index in [1.54, 1.807) is 0 Å². The number of nitrogens with zero attached hydrogens (tertiary/aromatic N) is 1. The van der Waals surface area contributed by atoms with Crippen molar-refractivity contribution < 1.29 is 13.9 Å². The molecule has 6 heteroatoms. The number of ether oxygens (including phenoxy) is 2. The first kappa shape index (κ1) is 19.7. The number of benzene rings is 2. The topological polar surface area (TPSA) is 47.7 Å². The van der Waals surface area contributed by atoms with Crippen molar-refractivity contribution in [1.29, 1.82) is 0 Å². The Morgan fingerprint density at radius 3 is 2.67 bits per heavy atom. The molecule has 0 aromatic heterocycles. The molecule has 0 saturated carbocycles. The molecule has 0 spiro atoms. The second kappa shape index (κ2) is 9.72. The summed E-state index contributed by atoms with van der Waals surface area (Å²) in [4.78, 5) is 2.35. The summed E-state index contributed by atoms with van der Waals surface area (Å²) in [7, 11) is 0. The lowest BCUT2D eigenvalue weighted by Crippen LogP contribution is -2.36. The van der Waals surface area contributed by atoms with E-state index in [1.807, 2.05) is 18.2 Å². The van der Waals surface area contributed by atoms with Crippen molar-refractivity contribution in [2.45, 2.75) is 13.0 Å². The number of hydrogen-bond donors (Lipinski definition) is 1. The van der Waals surface area contributed by atoms with E-state index in [9.17, 15) is 4.39 Å². The van der Waals surface area contributed by atoms with E-state index in [4.69, 9.17) is 26.8 Å². The summed E-state index contributed by atoms with van der Waals surface area (Å²) in [6, 6.07) is 9.62. The molecule has 142 valence electrons. The Morgan fingerprint density at radius 2 is 1.93 bits per heavy atom. The Balaban J connectivity index is 1.64. The van der Waals surface area contributed by atoms with Crippen LogP contribution >= 0.6 is 11.6 Å². The van der Waals surface area contributed by atoms with Crippen LogP contribution in [0.5, 0.6) is 11.5 Å². The van der Waals surface area contributed by atoms with Gasteiger partial charge in [0.1, 0.15) is 17.3 Å². The number of morpholine rings is 1. The van der Waals surface area contributed by atoms with Crippen molar-refractivity contribution in [1.82, 2.24) is 4.90 Å². The molecule has 0 unspecified atom stereocenters. The van der Waals surface area contributed by atoms with E-state index in [1.165, 1.54) is 18.2 Å². The van der Waals surface area contributed by atoms with Gasteiger partial charge in [-0.15, -0.1) is 0 Å². The Hall–Kier alpha value is -2.10. The molecule has 1 aliphatic heterocycles.